The van der Waals surface area contributed by atoms with Crippen molar-refractivity contribution in [2.75, 3.05) is 5.73 Å². The van der Waals surface area contributed by atoms with E-state index >= 15 is 0 Å². The molecule has 0 fully saturated rings. The van der Waals surface area contributed by atoms with Gasteiger partial charge in [-0.2, -0.15) is 5.10 Å². The number of nitrogens with zero attached hydrogens (tertiary/aromatic N) is 2. The van der Waals surface area contributed by atoms with Gasteiger partial charge in [0.1, 0.15) is 5.82 Å². The quantitative estimate of drug-likeness (QED) is 0.879. The molecule has 3 N–H and O–H groups in total. The van der Waals surface area contributed by atoms with Crippen molar-refractivity contribution >= 4 is 23.4 Å². The van der Waals surface area contributed by atoms with Crippen molar-refractivity contribution < 1.29 is 9.90 Å². The van der Waals surface area contributed by atoms with E-state index in [9.17, 15) is 4.79 Å². The molecule has 1 heterocycles. The molecule has 100 valence electrons. The van der Waals surface area contributed by atoms with Crippen LogP contribution >= 0.6 is 11.6 Å². The lowest BCUT2D eigenvalue weighted by atomic mass is 10.2. The lowest BCUT2D eigenvalue weighted by molar-refractivity contribution is -0.136. The van der Waals surface area contributed by atoms with Crippen LogP contribution in [0, 0.1) is 0 Å². The second kappa shape index (κ2) is 5.75. The van der Waals surface area contributed by atoms with E-state index in [-0.39, 0.29) is 6.42 Å². The summed E-state index contributed by atoms with van der Waals surface area (Å²) in [6.45, 7) is 0.513. The van der Waals surface area contributed by atoms with E-state index < -0.39 is 5.97 Å². The van der Waals surface area contributed by atoms with Crippen LogP contribution in [0.4, 0.5) is 5.82 Å². The van der Waals surface area contributed by atoms with E-state index in [0.29, 0.717) is 23.8 Å². The highest BCUT2D eigenvalue weighted by molar-refractivity contribution is 6.30. The van der Waals surface area contributed by atoms with Gasteiger partial charge in [0, 0.05) is 17.0 Å². The number of carbonyl (C=O) groups is 1. The number of halogens is 1. The number of aryl methyl sites for hydroxylation is 1. The zero-order chi connectivity index (χ0) is 13.8. The van der Waals surface area contributed by atoms with E-state index in [1.165, 1.54) is 0 Å². The fourth-order valence-electron chi connectivity index (χ4n) is 1.80. The molecule has 2 aromatic rings. The maximum Gasteiger partial charge on any atom is 0.303 e. The molecule has 0 bridgehead atoms. The molecule has 0 spiro atoms. The molecule has 0 unspecified atom stereocenters. The van der Waals surface area contributed by atoms with Crippen LogP contribution in [0.3, 0.4) is 0 Å². The van der Waals surface area contributed by atoms with E-state index in [1.807, 2.05) is 18.2 Å². The van der Waals surface area contributed by atoms with Gasteiger partial charge in [0.25, 0.3) is 0 Å². The molecule has 5 nitrogen and oxygen atoms in total. The molecule has 0 aliphatic heterocycles. The number of nitrogen functional groups attached to an aromatic ring is 1. The van der Waals surface area contributed by atoms with Gasteiger partial charge in [0.15, 0.2) is 0 Å². The Labute approximate surface area is 115 Å². The van der Waals surface area contributed by atoms with Gasteiger partial charge >= 0.3 is 5.97 Å². The summed E-state index contributed by atoms with van der Waals surface area (Å²) < 4.78 is 1.64. The van der Waals surface area contributed by atoms with E-state index in [0.717, 1.165) is 11.1 Å². The second-order valence-electron chi connectivity index (χ2n) is 4.24. The first kappa shape index (κ1) is 13.4. The zero-order valence-electron chi connectivity index (χ0n) is 10.2. The zero-order valence-corrected chi connectivity index (χ0v) is 11.0. The summed E-state index contributed by atoms with van der Waals surface area (Å²) in [5.41, 5.74) is 7.70. The average Bonchev–Trinajstić information content (AvgIpc) is 2.68. The van der Waals surface area contributed by atoms with Gasteiger partial charge in [0.05, 0.1) is 12.7 Å². The number of anilines is 1. The number of benzene rings is 1. The first-order chi connectivity index (χ1) is 9.06. The maximum atomic E-state index is 10.5. The van der Waals surface area contributed by atoms with Crippen molar-refractivity contribution in [3.8, 4) is 0 Å². The van der Waals surface area contributed by atoms with Crippen LogP contribution < -0.4 is 5.73 Å². The van der Waals surface area contributed by atoms with E-state index in [2.05, 4.69) is 5.10 Å². The Morgan fingerprint density at radius 3 is 2.95 bits per heavy atom. The predicted octanol–water partition coefficient (Wildman–Crippen LogP) is 2.18. The minimum atomic E-state index is -0.845. The second-order valence-corrected chi connectivity index (χ2v) is 4.67. The summed E-state index contributed by atoms with van der Waals surface area (Å²) in [5, 5.41) is 13.5. The van der Waals surface area contributed by atoms with Gasteiger partial charge < -0.3 is 10.8 Å². The Bertz CT molecular complexity index is 595. The molecular weight excluding hydrogens is 266 g/mol. The van der Waals surface area contributed by atoms with Gasteiger partial charge in [-0.1, -0.05) is 23.7 Å². The third-order valence-corrected chi connectivity index (χ3v) is 3.02. The first-order valence-corrected chi connectivity index (χ1v) is 6.20. The molecule has 2 rings (SSSR count). The van der Waals surface area contributed by atoms with Gasteiger partial charge in [0.2, 0.25) is 0 Å². The standard InChI is InChI=1S/C13H14ClN3O2/c14-11-3-1-2-9(6-11)8-17-13(15)10(7-16-17)4-5-12(18)19/h1-3,6-7H,4-5,8,15H2,(H,18,19). The molecule has 0 radical (unpaired) electrons. The van der Waals surface area contributed by atoms with E-state index in [1.54, 1.807) is 16.9 Å². The molecule has 0 saturated heterocycles. The van der Waals surface area contributed by atoms with Crippen molar-refractivity contribution in [3.63, 3.8) is 0 Å². The fraction of sp³-hybridized carbons (Fsp3) is 0.231. The Hall–Kier alpha value is -2.01. The van der Waals surface area contributed by atoms with Crippen molar-refractivity contribution in [1.82, 2.24) is 9.78 Å². The molecule has 0 aliphatic rings. The molecule has 0 aliphatic carbocycles. The highest BCUT2D eigenvalue weighted by Crippen LogP contribution is 2.17. The molecule has 1 aromatic heterocycles. The number of aromatic nitrogens is 2. The molecule has 19 heavy (non-hydrogen) atoms. The highest BCUT2D eigenvalue weighted by atomic mass is 35.5. The fourth-order valence-corrected chi connectivity index (χ4v) is 2.01. The van der Waals surface area contributed by atoms with Crippen LogP contribution in [0.2, 0.25) is 5.02 Å². The summed E-state index contributed by atoms with van der Waals surface area (Å²) in [4.78, 5) is 10.5. The van der Waals surface area contributed by atoms with E-state index in [4.69, 9.17) is 22.4 Å². The Morgan fingerprint density at radius 1 is 1.47 bits per heavy atom. The third kappa shape index (κ3) is 3.48. The Kier molecular flexibility index (Phi) is 4.06. The van der Waals surface area contributed by atoms with Crippen molar-refractivity contribution in [2.24, 2.45) is 0 Å². The number of carboxylic acids is 1. The summed E-state index contributed by atoms with van der Waals surface area (Å²) in [7, 11) is 0. The van der Waals surface area contributed by atoms with Gasteiger partial charge in [-0.25, -0.2) is 4.68 Å². The number of carboxylic acid groups (broad SMARTS) is 1. The van der Waals surface area contributed by atoms with Gasteiger partial charge in [-0.05, 0) is 24.1 Å². The minimum absolute atomic E-state index is 0.0487. The average molecular weight is 280 g/mol. The Balaban J connectivity index is 2.11. The lowest BCUT2D eigenvalue weighted by Crippen LogP contribution is -2.07. The first-order valence-electron chi connectivity index (χ1n) is 5.82. The van der Waals surface area contributed by atoms with Crippen molar-refractivity contribution in [3.05, 3.63) is 46.6 Å². The molecule has 0 amide bonds. The maximum absolute atomic E-state index is 10.5. The highest BCUT2D eigenvalue weighted by Gasteiger charge is 2.09. The van der Waals surface area contributed by atoms with Gasteiger partial charge in [-0.15, -0.1) is 0 Å². The van der Waals surface area contributed by atoms with Crippen LogP contribution in [0.5, 0.6) is 0 Å². The van der Waals surface area contributed by atoms with Gasteiger partial charge in [-0.3, -0.25) is 4.79 Å². The number of hydrogen-bond acceptors (Lipinski definition) is 3. The largest absolute Gasteiger partial charge is 0.481 e. The predicted molar refractivity (Wildman–Crippen MR) is 73.2 cm³/mol. The lowest BCUT2D eigenvalue weighted by Gasteiger charge is -2.05. The van der Waals surface area contributed by atoms with Crippen LogP contribution in [-0.4, -0.2) is 20.9 Å². The summed E-state index contributed by atoms with van der Waals surface area (Å²) in [6, 6.07) is 7.45. The summed E-state index contributed by atoms with van der Waals surface area (Å²) in [5.74, 6) is -0.344. The summed E-state index contributed by atoms with van der Waals surface area (Å²) in [6.07, 6.45) is 2.05. The number of nitrogens with two attached hydrogens (primary N) is 1. The molecule has 0 atom stereocenters. The molecule has 6 heteroatoms. The molecule has 0 saturated carbocycles. The van der Waals surface area contributed by atoms with Crippen LogP contribution in [-0.2, 0) is 17.8 Å². The SMILES string of the molecule is Nc1c(CCC(=O)O)cnn1Cc1cccc(Cl)c1. The summed E-state index contributed by atoms with van der Waals surface area (Å²) >= 11 is 5.91. The monoisotopic (exact) mass is 279 g/mol. The normalized spacial score (nSPS) is 10.6. The minimum Gasteiger partial charge on any atom is -0.481 e. The van der Waals surface area contributed by atoms with Crippen molar-refractivity contribution in [1.29, 1.82) is 0 Å². The van der Waals surface area contributed by atoms with Crippen LogP contribution in [0.25, 0.3) is 0 Å². The van der Waals surface area contributed by atoms with Crippen LogP contribution in [0.1, 0.15) is 17.5 Å². The smallest absolute Gasteiger partial charge is 0.303 e. The number of hydrogen-bond donors (Lipinski definition) is 2. The van der Waals surface area contributed by atoms with Crippen molar-refractivity contribution in [2.45, 2.75) is 19.4 Å². The number of aliphatic carboxylic acids is 1. The van der Waals surface area contributed by atoms with Crippen LogP contribution in [0.15, 0.2) is 30.5 Å². The molecular formula is C13H14ClN3O2. The molecule has 1 aromatic carbocycles. The topological polar surface area (TPSA) is 81.1 Å². The third-order valence-electron chi connectivity index (χ3n) is 2.79. The number of rotatable bonds is 5. The Morgan fingerprint density at radius 2 is 2.26 bits per heavy atom.